The smallest absolute Gasteiger partial charge is 0.123 e. The number of thioether (sulfide) groups is 1. The minimum atomic E-state index is -0.214. The van der Waals surface area contributed by atoms with Gasteiger partial charge in [-0.05, 0) is 29.0 Å². The third-order valence-electron chi connectivity index (χ3n) is 1.68. The van der Waals surface area contributed by atoms with Crippen LogP contribution in [0.4, 0.5) is 10.1 Å². The van der Waals surface area contributed by atoms with Crippen molar-refractivity contribution in [1.29, 1.82) is 0 Å². The number of rotatable bonds is 3. The molecule has 0 aromatic heterocycles. The van der Waals surface area contributed by atoms with Crippen molar-refractivity contribution >= 4 is 17.4 Å². The Morgan fingerprint density at radius 2 is 2.15 bits per heavy atom. The van der Waals surface area contributed by atoms with Crippen LogP contribution in [-0.4, -0.2) is 5.25 Å². The van der Waals surface area contributed by atoms with E-state index in [-0.39, 0.29) is 5.82 Å². The van der Waals surface area contributed by atoms with Crippen LogP contribution in [0.3, 0.4) is 0 Å². The summed E-state index contributed by atoms with van der Waals surface area (Å²) in [6.07, 6.45) is 0. The first-order valence-corrected chi connectivity index (χ1v) is 5.30. The minimum Gasteiger partial charge on any atom is -0.398 e. The zero-order valence-corrected chi connectivity index (χ0v) is 8.70. The largest absolute Gasteiger partial charge is 0.398 e. The van der Waals surface area contributed by atoms with Gasteiger partial charge in [-0.25, -0.2) is 4.39 Å². The van der Waals surface area contributed by atoms with Crippen LogP contribution in [-0.2, 0) is 5.75 Å². The van der Waals surface area contributed by atoms with Crippen molar-refractivity contribution in [2.45, 2.75) is 24.9 Å². The number of anilines is 1. The first kappa shape index (κ1) is 10.4. The Kier molecular flexibility index (Phi) is 3.60. The summed E-state index contributed by atoms with van der Waals surface area (Å²) < 4.78 is 12.8. The van der Waals surface area contributed by atoms with Gasteiger partial charge in [0.05, 0.1) is 0 Å². The molecule has 1 aromatic carbocycles. The van der Waals surface area contributed by atoms with Crippen LogP contribution in [0.2, 0.25) is 0 Å². The number of nitrogens with two attached hydrogens (primary N) is 1. The van der Waals surface area contributed by atoms with Crippen molar-refractivity contribution in [3.8, 4) is 0 Å². The molecule has 2 N–H and O–H groups in total. The second kappa shape index (κ2) is 4.51. The number of halogens is 1. The van der Waals surface area contributed by atoms with Crippen LogP contribution in [0.25, 0.3) is 0 Å². The fraction of sp³-hybridized carbons (Fsp3) is 0.400. The summed E-state index contributed by atoms with van der Waals surface area (Å²) >= 11 is 1.76. The summed E-state index contributed by atoms with van der Waals surface area (Å²) in [7, 11) is 0. The van der Waals surface area contributed by atoms with Crippen molar-refractivity contribution in [2.75, 3.05) is 5.73 Å². The number of hydrogen-bond donors (Lipinski definition) is 1. The average molecular weight is 199 g/mol. The van der Waals surface area contributed by atoms with Gasteiger partial charge >= 0.3 is 0 Å². The maximum absolute atomic E-state index is 12.8. The molecule has 1 aromatic rings. The van der Waals surface area contributed by atoms with E-state index in [1.54, 1.807) is 17.8 Å². The van der Waals surface area contributed by atoms with Crippen molar-refractivity contribution in [1.82, 2.24) is 0 Å². The molecule has 3 heteroatoms. The Morgan fingerprint density at radius 1 is 1.46 bits per heavy atom. The SMILES string of the molecule is CC(C)SCc1cc(F)ccc1N. The molecule has 0 saturated carbocycles. The molecule has 0 saturated heterocycles. The second-order valence-corrected chi connectivity index (χ2v) is 4.77. The van der Waals surface area contributed by atoms with E-state index in [1.807, 2.05) is 0 Å². The minimum absolute atomic E-state index is 0.214. The average Bonchev–Trinajstić information content (AvgIpc) is 2.06. The third-order valence-corrected chi connectivity index (χ3v) is 2.82. The highest BCUT2D eigenvalue weighted by Crippen LogP contribution is 2.22. The standard InChI is InChI=1S/C10H14FNS/c1-7(2)13-6-8-5-9(11)3-4-10(8)12/h3-5,7H,6,12H2,1-2H3. The number of nitrogen functional groups attached to an aromatic ring is 1. The molecule has 0 amide bonds. The maximum Gasteiger partial charge on any atom is 0.123 e. The first-order chi connectivity index (χ1) is 6.09. The van der Waals surface area contributed by atoms with Gasteiger partial charge in [0.15, 0.2) is 0 Å². The zero-order valence-electron chi connectivity index (χ0n) is 7.88. The lowest BCUT2D eigenvalue weighted by atomic mass is 10.2. The Balaban J connectivity index is 2.70. The van der Waals surface area contributed by atoms with Crippen molar-refractivity contribution in [2.24, 2.45) is 0 Å². The molecule has 0 atom stereocenters. The summed E-state index contributed by atoms with van der Waals surface area (Å²) in [5.41, 5.74) is 7.26. The first-order valence-electron chi connectivity index (χ1n) is 4.25. The van der Waals surface area contributed by atoms with E-state index in [0.29, 0.717) is 10.9 Å². The van der Waals surface area contributed by atoms with Crippen LogP contribution in [0.5, 0.6) is 0 Å². The van der Waals surface area contributed by atoms with Crippen LogP contribution >= 0.6 is 11.8 Å². The third kappa shape index (κ3) is 3.27. The van der Waals surface area contributed by atoms with Gasteiger partial charge in [-0.15, -0.1) is 0 Å². The lowest BCUT2D eigenvalue weighted by Gasteiger charge is -2.07. The monoisotopic (exact) mass is 199 g/mol. The van der Waals surface area contributed by atoms with Gasteiger partial charge < -0.3 is 5.73 Å². The molecule has 0 unspecified atom stereocenters. The molecular weight excluding hydrogens is 185 g/mol. The van der Waals surface area contributed by atoms with Gasteiger partial charge in [0.2, 0.25) is 0 Å². The van der Waals surface area contributed by atoms with Gasteiger partial charge in [-0.2, -0.15) is 11.8 Å². The zero-order chi connectivity index (χ0) is 9.84. The fourth-order valence-electron chi connectivity index (χ4n) is 0.956. The van der Waals surface area contributed by atoms with Crippen LogP contribution < -0.4 is 5.73 Å². The van der Waals surface area contributed by atoms with Gasteiger partial charge in [-0.3, -0.25) is 0 Å². The molecule has 1 nitrogen and oxygen atoms in total. The Labute approximate surface area is 82.5 Å². The molecule has 0 spiro atoms. The molecule has 0 bridgehead atoms. The summed E-state index contributed by atoms with van der Waals surface area (Å²) in [4.78, 5) is 0. The lowest BCUT2D eigenvalue weighted by Crippen LogP contribution is -1.95. The molecule has 72 valence electrons. The Hall–Kier alpha value is -0.700. The molecule has 0 fully saturated rings. The number of benzene rings is 1. The summed E-state index contributed by atoms with van der Waals surface area (Å²) in [5.74, 6) is 0.565. The van der Waals surface area contributed by atoms with Crippen LogP contribution in [0.1, 0.15) is 19.4 Å². The summed E-state index contributed by atoms with van der Waals surface area (Å²) in [5, 5.41) is 0.544. The van der Waals surface area contributed by atoms with E-state index in [4.69, 9.17) is 5.73 Å². The lowest BCUT2D eigenvalue weighted by molar-refractivity contribution is 0.627. The van der Waals surface area contributed by atoms with E-state index in [9.17, 15) is 4.39 Å². The van der Waals surface area contributed by atoms with Gasteiger partial charge in [-0.1, -0.05) is 13.8 Å². The molecular formula is C10H14FNS. The van der Waals surface area contributed by atoms with Gasteiger partial charge in [0, 0.05) is 11.4 Å². The molecule has 0 heterocycles. The molecule has 0 aliphatic carbocycles. The van der Waals surface area contributed by atoms with Gasteiger partial charge in [0.1, 0.15) is 5.82 Å². The molecule has 0 radical (unpaired) electrons. The Bertz CT molecular complexity index is 286. The van der Waals surface area contributed by atoms with Crippen LogP contribution in [0, 0.1) is 5.82 Å². The quantitative estimate of drug-likeness (QED) is 0.757. The van der Waals surface area contributed by atoms with Crippen molar-refractivity contribution < 1.29 is 4.39 Å². The second-order valence-electron chi connectivity index (χ2n) is 3.20. The van der Waals surface area contributed by atoms with Gasteiger partial charge in [0.25, 0.3) is 0 Å². The molecule has 0 aliphatic rings. The summed E-state index contributed by atoms with van der Waals surface area (Å²) in [6, 6.07) is 4.51. The highest BCUT2D eigenvalue weighted by Gasteiger charge is 2.02. The highest BCUT2D eigenvalue weighted by atomic mass is 32.2. The number of hydrogen-bond acceptors (Lipinski definition) is 2. The predicted molar refractivity (Wildman–Crippen MR) is 57.2 cm³/mol. The Morgan fingerprint density at radius 3 is 2.77 bits per heavy atom. The van der Waals surface area contributed by atoms with E-state index in [2.05, 4.69) is 13.8 Å². The molecule has 13 heavy (non-hydrogen) atoms. The highest BCUT2D eigenvalue weighted by molar-refractivity contribution is 7.99. The topological polar surface area (TPSA) is 26.0 Å². The van der Waals surface area contributed by atoms with Crippen molar-refractivity contribution in [3.05, 3.63) is 29.6 Å². The van der Waals surface area contributed by atoms with E-state index in [1.165, 1.54) is 12.1 Å². The summed E-state index contributed by atoms with van der Waals surface area (Å²) in [6.45, 7) is 4.22. The fourth-order valence-corrected chi connectivity index (χ4v) is 1.72. The van der Waals surface area contributed by atoms with E-state index < -0.39 is 0 Å². The maximum atomic E-state index is 12.8. The molecule has 1 rings (SSSR count). The van der Waals surface area contributed by atoms with Crippen molar-refractivity contribution in [3.63, 3.8) is 0 Å². The molecule has 0 aliphatic heterocycles. The predicted octanol–water partition coefficient (Wildman–Crippen LogP) is 3.05. The van der Waals surface area contributed by atoms with E-state index >= 15 is 0 Å². The van der Waals surface area contributed by atoms with Crippen LogP contribution in [0.15, 0.2) is 18.2 Å². The normalized spacial score (nSPS) is 10.8. The van der Waals surface area contributed by atoms with E-state index in [0.717, 1.165) is 11.3 Å².